The van der Waals surface area contributed by atoms with Gasteiger partial charge in [0, 0.05) is 6.04 Å². The molecule has 0 aliphatic heterocycles. The van der Waals surface area contributed by atoms with Gasteiger partial charge in [-0.15, -0.1) is 12.4 Å². The minimum atomic E-state index is -0.633. The van der Waals surface area contributed by atoms with Crippen LogP contribution in [-0.4, -0.2) is 36.3 Å². The van der Waals surface area contributed by atoms with Gasteiger partial charge in [-0.25, -0.2) is 0 Å². The summed E-state index contributed by atoms with van der Waals surface area (Å²) in [5, 5.41) is 5.28. The first-order valence-electron chi connectivity index (χ1n) is 7.45. The number of hydrogen-bond acceptors (Lipinski definition) is 4. The fraction of sp³-hybridized carbons (Fsp3) is 0.786. The first kappa shape index (κ1) is 20.7. The van der Waals surface area contributed by atoms with E-state index >= 15 is 0 Å². The van der Waals surface area contributed by atoms with Crippen LogP contribution in [0.2, 0.25) is 0 Å². The first-order valence-corrected chi connectivity index (χ1v) is 7.45. The summed E-state index contributed by atoms with van der Waals surface area (Å²) in [6.07, 6.45) is 3.34. The van der Waals surface area contributed by atoms with Gasteiger partial charge in [-0.3, -0.25) is 14.4 Å². The van der Waals surface area contributed by atoms with Crippen LogP contribution in [0.4, 0.5) is 0 Å². The molecule has 1 saturated carbocycles. The Morgan fingerprint density at radius 2 is 1.77 bits per heavy atom. The Kier molecular flexibility index (Phi) is 9.04. The van der Waals surface area contributed by atoms with Gasteiger partial charge in [-0.2, -0.15) is 0 Å². The van der Waals surface area contributed by atoms with E-state index in [4.69, 9.17) is 11.5 Å². The lowest BCUT2D eigenvalue weighted by Crippen LogP contribution is -2.51. The highest BCUT2D eigenvalue weighted by Gasteiger charge is 2.30. The molecule has 128 valence electrons. The molecule has 1 aliphatic rings. The van der Waals surface area contributed by atoms with E-state index in [1.807, 2.05) is 13.8 Å². The number of nitrogens with two attached hydrogens (primary N) is 2. The quantitative estimate of drug-likeness (QED) is 0.530. The van der Waals surface area contributed by atoms with Crippen molar-refractivity contribution in [2.45, 2.75) is 51.6 Å². The molecule has 1 fully saturated rings. The van der Waals surface area contributed by atoms with Crippen molar-refractivity contribution < 1.29 is 14.4 Å². The molecule has 0 spiro atoms. The second-order valence-corrected chi connectivity index (χ2v) is 5.95. The zero-order valence-corrected chi connectivity index (χ0v) is 13.9. The van der Waals surface area contributed by atoms with Gasteiger partial charge in [-0.1, -0.05) is 26.7 Å². The smallest absolute Gasteiger partial charge is 0.239 e. The molecule has 1 rings (SSSR count). The number of primary amides is 1. The zero-order chi connectivity index (χ0) is 16.0. The number of hydrogen-bond donors (Lipinski definition) is 4. The molecule has 0 saturated heterocycles. The van der Waals surface area contributed by atoms with Crippen LogP contribution in [-0.2, 0) is 14.4 Å². The topological polar surface area (TPSA) is 127 Å². The third-order valence-corrected chi connectivity index (χ3v) is 3.92. The molecule has 7 nitrogen and oxygen atoms in total. The van der Waals surface area contributed by atoms with Crippen molar-refractivity contribution in [1.29, 1.82) is 0 Å². The fourth-order valence-electron chi connectivity index (χ4n) is 2.49. The second kappa shape index (κ2) is 9.63. The molecule has 3 atom stereocenters. The molecule has 2 unspecified atom stereocenters. The van der Waals surface area contributed by atoms with E-state index in [1.165, 1.54) is 0 Å². The lowest BCUT2D eigenvalue weighted by molar-refractivity contribution is -0.129. The van der Waals surface area contributed by atoms with Crippen molar-refractivity contribution in [2.75, 3.05) is 6.54 Å². The summed E-state index contributed by atoms with van der Waals surface area (Å²) in [7, 11) is 0. The fourth-order valence-corrected chi connectivity index (χ4v) is 2.49. The Bertz CT molecular complexity index is 404. The number of carbonyl (C=O) groups is 3. The van der Waals surface area contributed by atoms with Gasteiger partial charge in [0.1, 0.15) is 0 Å². The van der Waals surface area contributed by atoms with Crippen LogP contribution in [0.3, 0.4) is 0 Å². The second-order valence-electron chi connectivity index (χ2n) is 5.95. The van der Waals surface area contributed by atoms with Crippen molar-refractivity contribution in [3.8, 4) is 0 Å². The molecule has 22 heavy (non-hydrogen) atoms. The van der Waals surface area contributed by atoms with Crippen molar-refractivity contribution in [2.24, 2.45) is 23.3 Å². The van der Waals surface area contributed by atoms with Crippen LogP contribution in [0.5, 0.6) is 0 Å². The van der Waals surface area contributed by atoms with Gasteiger partial charge in [0.05, 0.1) is 18.5 Å². The normalized spacial score (nSPS) is 22.4. The summed E-state index contributed by atoms with van der Waals surface area (Å²) < 4.78 is 0. The van der Waals surface area contributed by atoms with E-state index in [-0.39, 0.29) is 54.6 Å². The van der Waals surface area contributed by atoms with Crippen LogP contribution >= 0.6 is 12.4 Å². The SMILES string of the molecule is CC(C)[C@H](N)C(=O)NCC(=O)NC1CCCCC1C(N)=O.Cl. The monoisotopic (exact) mass is 334 g/mol. The van der Waals surface area contributed by atoms with E-state index in [0.717, 1.165) is 19.3 Å². The number of rotatable bonds is 6. The standard InChI is InChI=1S/C14H26N4O3.ClH/c1-8(2)12(15)14(21)17-7-11(19)18-10-6-4-3-5-9(10)13(16)20;/h8-10,12H,3-7,15H2,1-2H3,(H2,16,20)(H,17,21)(H,18,19);1H/t9?,10?,12-;/m0./s1. The summed E-state index contributed by atoms with van der Waals surface area (Å²) in [4.78, 5) is 34.9. The Morgan fingerprint density at radius 1 is 1.18 bits per heavy atom. The van der Waals surface area contributed by atoms with Crippen molar-refractivity contribution in [1.82, 2.24) is 10.6 Å². The summed E-state index contributed by atoms with van der Waals surface area (Å²) in [5.41, 5.74) is 11.0. The maximum atomic E-state index is 11.9. The Morgan fingerprint density at radius 3 is 2.32 bits per heavy atom. The Hall–Kier alpha value is -1.34. The maximum Gasteiger partial charge on any atom is 0.239 e. The summed E-state index contributed by atoms with van der Waals surface area (Å²) in [5.74, 6) is -1.37. The predicted octanol–water partition coefficient (Wildman–Crippen LogP) is -0.332. The minimum Gasteiger partial charge on any atom is -0.369 e. The van der Waals surface area contributed by atoms with Gasteiger partial charge in [0.15, 0.2) is 0 Å². The minimum absolute atomic E-state index is 0. The molecule has 3 amide bonds. The molecule has 0 aromatic rings. The number of carbonyl (C=O) groups excluding carboxylic acids is 3. The van der Waals surface area contributed by atoms with Crippen molar-refractivity contribution >= 4 is 30.1 Å². The highest BCUT2D eigenvalue weighted by molar-refractivity contribution is 5.88. The third kappa shape index (κ3) is 6.19. The average Bonchev–Trinajstić information content (AvgIpc) is 2.44. The molecule has 0 aromatic carbocycles. The third-order valence-electron chi connectivity index (χ3n) is 3.92. The van der Waals surface area contributed by atoms with Crippen LogP contribution in [0.1, 0.15) is 39.5 Å². The zero-order valence-electron chi connectivity index (χ0n) is 13.1. The number of amides is 3. The predicted molar refractivity (Wildman–Crippen MR) is 86.2 cm³/mol. The Balaban J connectivity index is 0.00000441. The molecule has 6 N–H and O–H groups in total. The van der Waals surface area contributed by atoms with Gasteiger partial charge >= 0.3 is 0 Å². The van der Waals surface area contributed by atoms with Crippen LogP contribution in [0, 0.1) is 11.8 Å². The summed E-state index contributed by atoms with van der Waals surface area (Å²) >= 11 is 0. The van der Waals surface area contributed by atoms with Crippen molar-refractivity contribution in [3.05, 3.63) is 0 Å². The number of nitrogens with one attached hydrogen (secondary N) is 2. The lowest BCUT2D eigenvalue weighted by Gasteiger charge is -2.30. The van der Waals surface area contributed by atoms with Gasteiger partial charge < -0.3 is 22.1 Å². The number of halogens is 1. The first-order chi connectivity index (χ1) is 9.82. The van der Waals surface area contributed by atoms with Gasteiger partial charge in [0.2, 0.25) is 17.7 Å². The molecule has 0 aromatic heterocycles. The molecular weight excluding hydrogens is 308 g/mol. The molecule has 1 aliphatic carbocycles. The van der Waals surface area contributed by atoms with Crippen LogP contribution < -0.4 is 22.1 Å². The molecular formula is C14H27ClN4O3. The van der Waals surface area contributed by atoms with Gasteiger partial charge in [0.25, 0.3) is 0 Å². The summed E-state index contributed by atoms with van der Waals surface area (Å²) in [6, 6.07) is -0.870. The Labute approximate surface area is 137 Å². The lowest BCUT2D eigenvalue weighted by atomic mass is 9.84. The largest absolute Gasteiger partial charge is 0.369 e. The van der Waals surface area contributed by atoms with E-state index in [0.29, 0.717) is 6.42 Å². The van der Waals surface area contributed by atoms with E-state index in [9.17, 15) is 14.4 Å². The molecule has 0 radical (unpaired) electrons. The molecule has 8 heteroatoms. The molecule has 0 heterocycles. The van der Waals surface area contributed by atoms with E-state index in [1.54, 1.807) is 0 Å². The van der Waals surface area contributed by atoms with Crippen LogP contribution in [0.25, 0.3) is 0 Å². The van der Waals surface area contributed by atoms with E-state index in [2.05, 4.69) is 10.6 Å². The van der Waals surface area contributed by atoms with E-state index < -0.39 is 6.04 Å². The van der Waals surface area contributed by atoms with Crippen LogP contribution in [0.15, 0.2) is 0 Å². The highest BCUT2D eigenvalue weighted by atomic mass is 35.5. The van der Waals surface area contributed by atoms with Gasteiger partial charge in [-0.05, 0) is 18.8 Å². The summed E-state index contributed by atoms with van der Waals surface area (Å²) in [6.45, 7) is 3.54. The highest BCUT2D eigenvalue weighted by Crippen LogP contribution is 2.23. The average molecular weight is 335 g/mol. The van der Waals surface area contributed by atoms with Crippen molar-refractivity contribution in [3.63, 3.8) is 0 Å². The molecule has 0 bridgehead atoms. The maximum absolute atomic E-state index is 11.9.